The minimum absolute atomic E-state index is 0.0222. The zero-order chi connectivity index (χ0) is 11.8. The Bertz CT molecular complexity index is 391. The molecule has 2 rings (SSSR count). The van der Waals surface area contributed by atoms with E-state index in [1.165, 1.54) is 6.26 Å². The van der Waals surface area contributed by atoms with E-state index >= 15 is 0 Å². The molecule has 4 nitrogen and oxygen atoms in total. The summed E-state index contributed by atoms with van der Waals surface area (Å²) in [6.45, 7) is 5.25. The molecule has 0 bridgehead atoms. The van der Waals surface area contributed by atoms with Crippen molar-refractivity contribution in [3.63, 3.8) is 0 Å². The second-order valence-electron chi connectivity index (χ2n) is 4.72. The molecule has 1 aliphatic heterocycles. The van der Waals surface area contributed by atoms with Crippen molar-refractivity contribution in [2.45, 2.75) is 32.2 Å². The first-order valence-corrected chi connectivity index (χ1v) is 5.67. The standard InChI is InChI=1S/C12H18N2O2/c1-3-4-12(13)7-14(8-12)11(15)10-5-9(2)16-6-10/h5-6H,3-4,7-8,13H2,1-2H3. The molecule has 1 aliphatic rings. The normalized spacial score (nSPS) is 18.3. The summed E-state index contributed by atoms with van der Waals surface area (Å²) < 4.78 is 5.13. The first kappa shape index (κ1) is 11.2. The lowest BCUT2D eigenvalue weighted by Gasteiger charge is -2.47. The van der Waals surface area contributed by atoms with Crippen LogP contribution < -0.4 is 5.73 Å². The van der Waals surface area contributed by atoms with Gasteiger partial charge in [0.2, 0.25) is 0 Å². The minimum Gasteiger partial charge on any atom is -0.469 e. The highest BCUT2D eigenvalue weighted by atomic mass is 16.3. The molecule has 16 heavy (non-hydrogen) atoms. The van der Waals surface area contributed by atoms with Crippen molar-refractivity contribution < 1.29 is 9.21 Å². The van der Waals surface area contributed by atoms with Crippen LogP contribution in [0.4, 0.5) is 0 Å². The molecule has 0 aliphatic carbocycles. The number of amides is 1. The maximum absolute atomic E-state index is 11.9. The Morgan fingerprint density at radius 3 is 2.81 bits per heavy atom. The van der Waals surface area contributed by atoms with Crippen LogP contribution in [-0.2, 0) is 0 Å². The third-order valence-corrected chi connectivity index (χ3v) is 3.02. The molecule has 88 valence electrons. The van der Waals surface area contributed by atoms with Crippen LogP contribution in [0.1, 0.15) is 35.9 Å². The molecule has 0 saturated carbocycles. The fourth-order valence-corrected chi connectivity index (χ4v) is 2.25. The van der Waals surface area contributed by atoms with Gasteiger partial charge in [-0.05, 0) is 19.4 Å². The van der Waals surface area contributed by atoms with E-state index in [-0.39, 0.29) is 11.4 Å². The second-order valence-corrected chi connectivity index (χ2v) is 4.72. The second kappa shape index (κ2) is 3.94. The molecule has 1 aromatic heterocycles. The van der Waals surface area contributed by atoms with Gasteiger partial charge in [-0.25, -0.2) is 0 Å². The highest BCUT2D eigenvalue weighted by molar-refractivity contribution is 5.94. The van der Waals surface area contributed by atoms with E-state index in [9.17, 15) is 4.79 Å². The largest absolute Gasteiger partial charge is 0.469 e. The van der Waals surface area contributed by atoms with Crippen LogP contribution in [0.15, 0.2) is 16.7 Å². The fourth-order valence-electron chi connectivity index (χ4n) is 2.25. The Morgan fingerprint density at radius 2 is 2.31 bits per heavy atom. The molecule has 0 unspecified atom stereocenters. The Labute approximate surface area is 95.4 Å². The molecule has 2 N–H and O–H groups in total. The summed E-state index contributed by atoms with van der Waals surface area (Å²) >= 11 is 0. The smallest absolute Gasteiger partial charge is 0.257 e. The van der Waals surface area contributed by atoms with Crippen molar-refractivity contribution in [2.24, 2.45) is 5.73 Å². The van der Waals surface area contributed by atoms with Crippen LogP contribution in [0.3, 0.4) is 0 Å². The molecular weight excluding hydrogens is 204 g/mol. The summed E-state index contributed by atoms with van der Waals surface area (Å²) in [5.74, 6) is 0.783. The van der Waals surface area contributed by atoms with Gasteiger partial charge in [0, 0.05) is 13.1 Å². The number of hydrogen-bond acceptors (Lipinski definition) is 3. The van der Waals surface area contributed by atoms with Gasteiger partial charge < -0.3 is 15.1 Å². The lowest BCUT2D eigenvalue weighted by Crippen LogP contribution is -2.68. The van der Waals surface area contributed by atoms with Crippen LogP contribution in [0.2, 0.25) is 0 Å². The minimum atomic E-state index is -0.164. The van der Waals surface area contributed by atoms with E-state index < -0.39 is 0 Å². The zero-order valence-corrected chi connectivity index (χ0v) is 9.82. The van der Waals surface area contributed by atoms with Crippen LogP contribution in [0.5, 0.6) is 0 Å². The SMILES string of the molecule is CCCC1(N)CN(C(=O)c2coc(C)c2)C1. The molecule has 4 heteroatoms. The van der Waals surface area contributed by atoms with Gasteiger partial charge in [0.15, 0.2) is 0 Å². The molecule has 1 fully saturated rings. The summed E-state index contributed by atoms with van der Waals surface area (Å²) in [4.78, 5) is 13.7. The van der Waals surface area contributed by atoms with Gasteiger partial charge in [-0.2, -0.15) is 0 Å². The van der Waals surface area contributed by atoms with Crippen molar-refractivity contribution in [1.29, 1.82) is 0 Å². The molecule has 0 radical (unpaired) electrons. The third-order valence-electron chi connectivity index (χ3n) is 3.02. The van der Waals surface area contributed by atoms with Gasteiger partial charge in [0.1, 0.15) is 12.0 Å². The van der Waals surface area contributed by atoms with E-state index in [1.807, 2.05) is 6.92 Å². The number of carbonyl (C=O) groups is 1. The van der Waals surface area contributed by atoms with Crippen LogP contribution in [0, 0.1) is 6.92 Å². The predicted octanol–water partition coefficient (Wildman–Crippen LogP) is 1.54. The summed E-state index contributed by atoms with van der Waals surface area (Å²) in [7, 11) is 0. The first-order chi connectivity index (χ1) is 7.54. The van der Waals surface area contributed by atoms with Gasteiger partial charge in [-0.3, -0.25) is 4.79 Å². The number of rotatable bonds is 3. The fraction of sp³-hybridized carbons (Fsp3) is 0.583. The molecular formula is C12H18N2O2. The number of likely N-dealkylation sites (tertiary alicyclic amines) is 1. The Hall–Kier alpha value is -1.29. The van der Waals surface area contributed by atoms with Gasteiger partial charge in [0.05, 0.1) is 11.1 Å². The van der Waals surface area contributed by atoms with Crippen molar-refractivity contribution in [1.82, 2.24) is 4.90 Å². The molecule has 0 spiro atoms. The van der Waals surface area contributed by atoms with E-state index in [2.05, 4.69) is 6.92 Å². The van der Waals surface area contributed by atoms with Crippen molar-refractivity contribution in [2.75, 3.05) is 13.1 Å². The monoisotopic (exact) mass is 222 g/mol. The molecule has 1 saturated heterocycles. The summed E-state index contributed by atoms with van der Waals surface area (Å²) in [5.41, 5.74) is 6.57. The molecule has 0 aromatic carbocycles. The van der Waals surface area contributed by atoms with Gasteiger partial charge in [0.25, 0.3) is 5.91 Å². The quantitative estimate of drug-likeness (QED) is 0.844. The number of nitrogens with two attached hydrogens (primary N) is 1. The molecule has 0 atom stereocenters. The van der Waals surface area contributed by atoms with Crippen LogP contribution >= 0.6 is 0 Å². The lowest BCUT2D eigenvalue weighted by molar-refractivity contribution is 0.0386. The summed E-state index contributed by atoms with van der Waals surface area (Å²) in [6.07, 6.45) is 3.54. The van der Waals surface area contributed by atoms with Gasteiger partial charge >= 0.3 is 0 Å². The zero-order valence-electron chi connectivity index (χ0n) is 9.82. The van der Waals surface area contributed by atoms with Crippen molar-refractivity contribution in [3.05, 3.63) is 23.7 Å². The summed E-state index contributed by atoms with van der Waals surface area (Å²) in [6, 6.07) is 1.76. The average molecular weight is 222 g/mol. The van der Waals surface area contributed by atoms with E-state index in [1.54, 1.807) is 11.0 Å². The highest BCUT2D eigenvalue weighted by Crippen LogP contribution is 2.25. The average Bonchev–Trinajstić information content (AvgIpc) is 2.60. The van der Waals surface area contributed by atoms with Crippen molar-refractivity contribution >= 4 is 5.91 Å². The van der Waals surface area contributed by atoms with E-state index in [0.29, 0.717) is 18.7 Å². The Kier molecular flexibility index (Phi) is 2.76. The number of carbonyl (C=O) groups excluding carboxylic acids is 1. The van der Waals surface area contributed by atoms with E-state index in [0.717, 1.165) is 18.6 Å². The molecule has 2 heterocycles. The maximum atomic E-state index is 11.9. The number of hydrogen-bond donors (Lipinski definition) is 1. The number of nitrogens with zero attached hydrogens (tertiary/aromatic N) is 1. The lowest BCUT2D eigenvalue weighted by atomic mass is 9.86. The maximum Gasteiger partial charge on any atom is 0.257 e. The summed E-state index contributed by atoms with van der Waals surface area (Å²) in [5, 5.41) is 0. The van der Waals surface area contributed by atoms with Gasteiger partial charge in [-0.1, -0.05) is 13.3 Å². The van der Waals surface area contributed by atoms with Crippen LogP contribution in [-0.4, -0.2) is 29.4 Å². The highest BCUT2D eigenvalue weighted by Gasteiger charge is 2.41. The first-order valence-electron chi connectivity index (χ1n) is 5.67. The van der Waals surface area contributed by atoms with Crippen molar-refractivity contribution in [3.8, 4) is 0 Å². The number of aryl methyl sites for hydroxylation is 1. The van der Waals surface area contributed by atoms with Gasteiger partial charge in [-0.15, -0.1) is 0 Å². The van der Waals surface area contributed by atoms with Crippen LogP contribution in [0.25, 0.3) is 0 Å². The number of furan rings is 1. The molecule has 1 amide bonds. The Balaban J connectivity index is 1.95. The Morgan fingerprint density at radius 1 is 1.62 bits per heavy atom. The van der Waals surface area contributed by atoms with E-state index in [4.69, 9.17) is 10.2 Å². The molecule has 1 aromatic rings. The third kappa shape index (κ3) is 1.97. The predicted molar refractivity (Wildman–Crippen MR) is 61.2 cm³/mol. The topological polar surface area (TPSA) is 59.5 Å².